The molecule has 0 unspecified atom stereocenters. The van der Waals surface area contributed by atoms with Gasteiger partial charge in [0.15, 0.2) is 0 Å². The second-order valence-electron chi connectivity index (χ2n) is 9.60. The van der Waals surface area contributed by atoms with Gasteiger partial charge in [-0.1, -0.05) is 32.0 Å². The Labute approximate surface area is 221 Å². The molecule has 204 valence electrons. The van der Waals surface area contributed by atoms with E-state index in [-0.39, 0.29) is 49.6 Å². The van der Waals surface area contributed by atoms with Crippen LogP contribution in [0.3, 0.4) is 0 Å². The first-order valence-electron chi connectivity index (χ1n) is 12.8. The van der Waals surface area contributed by atoms with Crippen molar-refractivity contribution in [3.8, 4) is 0 Å². The summed E-state index contributed by atoms with van der Waals surface area (Å²) in [5.41, 5.74) is 3.30. The summed E-state index contributed by atoms with van der Waals surface area (Å²) >= 11 is 0. The van der Waals surface area contributed by atoms with Crippen molar-refractivity contribution in [3.05, 3.63) is 65.0 Å². The Morgan fingerprint density at radius 2 is 1.65 bits per heavy atom. The third-order valence-corrected chi connectivity index (χ3v) is 7.78. The van der Waals surface area contributed by atoms with Crippen LogP contribution in [0.25, 0.3) is 0 Å². The highest BCUT2D eigenvalue weighted by Gasteiger charge is 2.29. The molecule has 2 aromatic carbocycles. The first-order chi connectivity index (χ1) is 17.4. The lowest BCUT2D eigenvalue weighted by molar-refractivity contribution is -0.141. The molecule has 37 heavy (non-hydrogen) atoms. The molecule has 2 amide bonds. The van der Waals surface area contributed by atoms with Crippen molar-refractivity contribution in [2.45, 2.75) is 78.9 Å². The number of amides is 2. The number of anilines is 1. The van der Waals surface area contributed by atoms with Gasteiger partial charge in [-0.2, -0.15) is 0 Å². The van der Waals surface area contributed by atoms with Crippen molar-refractivity contribution in [1.29, 1.82) is 0 Å². The third kappa shape index (κ3) is 8.84. The number of aryl methyl sites for hydroxylation is 2. The second kappa shape index (κ2) is 13.6. The Kier molecular flexibility index (Phi) is 11.1. The van der Waals surface area contributed by atoms with Crippen molar-refractivity contribution in [1.82, 2.24) is 10.2 Å². The molecule has 0 aromatic heterocycles. The first kappa shape index (κ1) is 30.3. The average Bonchev–Trinajstić information content (AvgIpc) is 2.83. The van der Waals surface area contributed by atoms with Crippen molar-refractivity contribution < 1.29 is 22.4 Å². The highest BCUT2D eigenvalue weighted by Crippen LogP contribution is 2.22. The molecule has 2 rings (SSSR count). The highest BCUT2D eigenvalue weighted by molar-refractivity contribution is 7.92. The summed E-state index contributed by atoms with van der Waals surface area (Å²) in [7, 11) is -3.56. The zero-order valence-corrected chi connectivity index (χ0v) is 23.6. The molecule has 2 atom stereocenters. The van der Waals surface area contributed by atoms with E-state index in [4.69, 9.17) is 0 Å². The van der Waals surface area contributed by atoms with Gasteiger partial charge in [-0.25, -0.2) is 12.8 Å². The van der Waals surface area contributed by atoms with Crippen LogP contribution in [-0.4, -0.2) is 50.0 Å². The van der Waals surface area contributed by atoms with E-state index in [9.17, 15) is 22.4 Å². The van der Waals surface area contributed by atoms with Crippen LogP contribution in [0.5, 0.6) is 0 Å². The molecule has 0 saturated heterocycles. The van der Waals surface area contributed by atoms with Crippen LogP contribution in [0.4, 0.5) is 10.1 Å². The largest absolute Gasteiger partial charge is 0.352 e. The Balaban J connectivity index is 2.23. The normalized spacial score (nSPS) is 13.1. The molecule has 7 nitrogen and oxygen atoms in total. The molecule has 0 aliphatic heterocycles. The van der Waals surface area contributed by atoms with Gasteiger partial charge >= 0.3 is 0 Å². The zero-order valence-electron chi connectivity index (χ0n) is 22.8. The van der Waals surface area contributed by atoms with E-state index < -0.39 is 16.1 Å². The number of carbonyl (C=O) groups excluding carboxylic acids is 2. The molecule has 0 spiro atoms. The summed E-state index contributed by atoms with van der Waals surface area (Å²) in [5.74, 6) is -0.875. The molecule has 2 aromatic rings. The predicted octanol–water partition coefficient (Wildman–Crippen LogP) is 4.71. The molecular weight excluding hydrogens is 493 g/mol. The Bertz CT molecular complexity index is 1170. The average molecular weight is 534 g/mol. The fraction of sp³-hybridized carbons (Fsp3) is 0.500. The van der Waals surface area contributed by atoms with Crippen LogP contribution < -0.4 is 9.62 Å². The van der Waals surface area contributed by atoms with Gasteiger partial charge in [0.05, 0.1) is 11.9 Å². The summed E-state index contributed by atoms with van der Waals surface area (Å²) in [6.07, 6.45) is 2.66. The maximum Gasteiger partial charge on any atom is 0.243 e. The Morgan fingerprint density at radius 3 is 2.19 bits per heavy atom. The topological polar surface area (TPSA) is 86.8 Å². The third-order valence-electron chi connectivity index (χ3n) is 6.58. The van der Waals surface area contributed by atoms with Crippen LogP contribution >= 0.6 is 0 Å². The Hall–Kier alpha value is -2.94. The molecule has 0 aliphatic rings. The first-order valence-corrected chi connectivity index (χ1v) is 14.6. The van der Waals surface area contributed by atoms with Crippen molar-refractivity contribution in [2.75, 3.05) is 17.1 Å². The summed E-state index contributed by atoms with van der Waals surface area (Å²) in [6.45, 7) is 9.88. The van der Waals surface area contributed by atoms with Crippen LogP contribution in [0.1, 0.15) is 63.1 Å². The number of rotatable bonds is 13. The number of benzene rings is 2. The summed E-state index contributed by atoms with van der Waals surface area (Å²) in [4.78, 5) is 28.0. The van der Waals surface area contributed by atoms with E-state index in [1.54, 1.807) is 18.2 Å². The fourth-order valence-electron chi connectivity index (χ4n) is 4.03. The maximum absolute atomic E-state index is 13.4. The number of hydrogen-bond donors (Lipinski definition) is 1. The molecule has 0 saturated carbocycles. The second-order valence-corrected chi connectivity index (χ2v) is 11.5. The number of carbonyl (C=O) groups is 2. The fourth-order valence-corrected chi connectivity index (χ4v) is 4.99. The molecule has 0 bridgehead atoms. The molecule has 0 radical (unpaired) electrons. The quantitative estimate of drug-likeness (QED) is 0.404. The van der Waals surface area contributed by atoms with E-state index in [1.807, 2.05) is 46.8 Å². The molecule has 0 aliphatic carbocycles. The number of halogens is 1. The predicted molar refractivity (Wildman–Crippen MR) is 146 cm³/mol. The van der Waals surface area contributed by atoms with Crippen LogP contribution in [0, 0.1) is 19.7 Å². The lowest BCUT2D eigenvalue weighted by Gasteiger charge is -2.32. The minimum Gasteiger partial charge on any atom is -0.352 e. The number of nitrogens with one attached hydrogen (secondary N) is 1. The van der Waals surface area contributed by atoms with Crippen LogP contribution in [-0.2, 0) is 26.2 Å². The summed E-state index contributed by atoms with van der Waals surface area (Å²) < 4.78 is 39.8. The van der Waals surface area contributed by atoms with Gasteiger partial charge in [0.1, 0.15) is 11.9 Å². The molecule has 1 N–H and O–H groups in total. The van der Waals surface area contributed by atoms with Crippen molar-refractivity contribution in [2.24, 2.45) is 0 Å². The van der Waals surface area contributed by atoms with E-state index >= 15 is 0 Å². The molecule has 9 heteroatoms. The number of hydrogen-bond acceptors (Lipinski definition) is 4. The monoisotopic (exact) mass is 533 g/mol. The van der Waals surface area contributed by atoms with Gasteiger partial charge in [-0.15, -0.1) is 0 Å². The van der Waals surface area contributed by atoms with Crippen LogP contribution in [0.2, 0.25) is 0 Å². The van der Waals surface area contributed by atoms with E-state index in [0.29, 0.717) is 17.7 Å². The van der Waals surface area contributed by atoms with E-state index in [2.05, 4.69) is 5.32 Å². The highest BCUT2D eigenvalue weighted by atomic mass is 32.2. The van der Waals surface area contributed by atoms with Crippen molar-refractivity contribution >= 4 is 27.5 Å². The number of sulfonamides is 1. The van der Waals surface area contributed by atoms with Gasteiger partial charge in [-0.3, -0.25) is 13.9 Å². The summed E-state index contributed by atoms with van der Waals surface area (Å²) in [6, 6.07) is 10.6. The van der Waals surface area contributed by atoms with Gasteiger partial charge in [0.25, 0.3) is 0 Å². The number of nitrogens with zero attached hydrogens (tertiary/aromatic N) is 2. The van der Waals surface area contributed by atoms with Gasteiger partial charge in [0.2, 0.25) is 21.8 Å². The zero-order chi connectivity index (χ0) is 27.8. The van der Waals surface area contributed by atoms with E-state index in [0.717, 1.165) is 23.8 Å². The lowest BCUT2D eigenvalue weighted by atomic mass is 10.1. The van der Waals surface area contributed by atoms with Gasteiger partial charge in [0, 0.05) is 25.6 Å². The molecule has 0 fully saturated rings. The standard InChI is InChI=1S/C28H40FN3O4S/c1-7-22(5)30-28(34)26(8-2)31(19-23-12-14-24(29)15-13-23)27(33)10-9-17-32(37(6,35)36)25-16-11-20(3)21(4)18-25/h11-16,18,22,26H,7-10,17,19H2,1-6H3,(H,30,34)/t22-,26-/m1/s1. The minimum absolute atomic E-state index is 0.0365. The lowest BCUT2D eigenvalue weighted by Crippen LogP contribution is -2.50. The Morgan fingerprint density at radius 1 is 1.00 bits per heavy atom. The SMILES string of the molecule is CC[C@@H](C)NC(=O)[C@@H](CC)N(Cc1ccc(F)cc1)C(=O)CCCN(c1ccc(C)c(C)c1)S(C)(=O)=O. The van der Waals surface area contributed by atoms with Gasteiger partial charge < -0.3 is 10.2 Å². The van der Waals surface area contributed by atoms with E-state index in [1.165, 1.54) is 21.3 Å². The smallest absolute Gasteiger partial charge is 0.243 e. The minimum atomic E-state index is -3.56. The van der Waals surface area contributed by atoms with Gasteiger partial charge in [-0.05, 0) is 81.0 Å². The summed E-state index contributed by atoms with van der Waals surface area (Å²) in [5, 5.41) is 2.96. The van der Waals surface area contributed by atoms with Crippen molar-refractivity contribution in [3.63, 3.8) is 0 Å². The molecule has 0 heterocycles. The maximum atomic E-state index is 13.4. The van der Waals surface area contributed by atoms with Crippen LogP contribution in [0.15, 0.2) is 42.5 Å². The molecular formula is C28H40FN3O4S.